The van der Waals surface area contributed by atoms with Crippen LogP contribution in [0, 0.1) is 0 Å². The smallest absolute Gasteiger partial charge is 0.268 e. The van der Waals surface area contributed by atoms with Gasteiger partial charge in [0, 0.05) is 31.2 Å². The zero-order valence-electron chi connectivity index (χ0n) is 15.9. The molecular weight excluding hydrogens is 364 g/mol. The van der Waals surface area contributed by atoms with Crippen LogP contribution in [0.4, 0.5) is 11.5 Å². The number of carbonyl (C=O) groups is 1. The molecule has 2 aromatic rings. The van der Waals surface area contributed by atoms with Crippen LogP contribution in [0.3, 0.4) is 0 Å². The van der Waals surface area contributed by atoms with Gasteiger partial charge in [-0.2, -0.15) is 0 Å². The summed E-state index contributed by atoms with van der Waals surface area (Å²) in [5, 5.41) is 3.49. The molecule has 0 saturated carbocycles. The number of anilines is 2. The second kappa shape index (κ2) is 8.15. The third-order valence-electron chi connectivity index (χ3n) is 4.57. The predicted octanol–water partition coefficient (Wildman–Crippen LogP) is 3.28. The lowest BCUT2D eigenvalue weighted by atomic mass is 10.1. The van der Waals surface area contributed by atoms with Gasteiger partial charge in [0.1, 0.15) is 11.6 Å². The molecular formula is C20H25ClN4O2. The van der Waals surface area contributed by atoms with Gasteiger partial charge < -0.3 is 19.9 Å². The fourth-order valence-electron chi connectivity index (χ4n) is 2.81. The molecule has 3 rings (SSSR count). The Labute approximate surface area is 165 Å². The van der Waals surface area contributed by atoms with E-state index >= 15 is 0 Å². The SMILES string of the molecule is CN1CCN(c2ccc(NC(=O)C(C)(C)Oc3ccc(Cl)cc3)cn2)CC1. The molecule has 0 radical (unpaired) electrons. The largest absolute Gasteiger partial charge is 0.478 e. The van der Waals surface area contributed by atoms with E-state index in [4.69, 9.17) is 16.3 Å². The monoisotopic (exact) mass is 388 g/mol. The normalized spacial score (nSPS) is 15.5. The number of rotatable bonds is 5. The second-order valence-corrected chi connectivity index (χ2v) is 7.65. The van der Waals surface area contributed by atoms with E-state index < -0.39 is 5.60 Å². The molecule has 1 aliphatic rings. The third kappa shape index (κ3) is 5.11. The lowest BCUT2D eigenvalue weighted by Crippen LogP contribution is -2.44. The van der Waals surface area contributed by atoms with Gasteiger partial charge in [-0.25, -0.2) is 4.98 Å². The number of aromatic nitrogens is 1. The highest BCUT2D eigenvalue weighted by Crippen LogP contribution is 2.22. The Kier molecular flexibility index (Phi) is 5.87. The van der Waals surface area contributed by atoms with Gasteiger partial charge in [0.05, 0.1) is 11.9 Å². The summed E-state index contributed by atoms with van der Waals surface area (Å²) in [5.74, 6) is 1.27. The number of amides is 1. The van der Waals surface area contributed by atoms with Crippen LogP contribution < -0.4 is 15.0 Å². The molecule has 144 valence electrons. The minimum Gasteiger partial charge on any atom is -0.478 e. The number of halogens is 1. The predicted molar refractivity (Wildman–Crippen MR) is 109 cm³/mol. The van der Waals surface area contributed by atoms with E-state index in [0.717, 1.165) is 32.0 Å². The molecule has 1 saturated heterocycles. The second-order valence-electron chi connectivity index (χ2n) is 7.22. The number of hydrogen-bond donors (Lipinski definition) is 1. The number of nitrogens with zero attached hydrogens (tertiary/aromatic N) is 3. The Bertz CT molecular complexity index is 770. The molecule has 1 amide bonds. The summed E-state index contributed by atoms with van der Waals surface area (Å²) >= 11 is 5.88. The summed E-state index contributed by atoms with van der Waals surface area (Å²) in [4.78, 5) is 21.7. The zero-order chi connectivity index (χ0) is 19.4. The van der Waals surface area contributed by atoms with Crippen LogP contribution in [-0.4, -0.2) is 54.6 Å². The van der Waals surface area contributed by atoms with Gasteiger partial charge in [-0.05, 0) is 57.3 Å². The van der Waals surface area contributed by atoms with E-state index in [0.29, 0.717) is 16.5 Å². The van der Waals surface area contributed by atoms with Gasteiger partial charge in [-0.15, -0.1) is 0 Å². The Morgan fingerprint density at radius 1 is 1.11 bits per heavy atom. The summed E-state index contributed by atoms with van der Waals surface area (Å²) in [6, 6.07) is 10.7. The first kappa shape index (κ1) is 19.5. The Morgan fingerprint density at radius 3 is 2.37 bits per heavy atom. The van der Waals surface area contributed by atoms with Crippen molar-refractivity contribution in [2.24, 2.45) is 0 Å². The van der Waals surface area contributed by atoms with Gasteiger partial charge in [0.2, 0.25) is 0 Å². The molecule has 2 heterocycles. The molecule has 27 heavy (non-hydrogen) atoms. The fraction of sp³-hybridized carbons (Fsp3) is 0.400. The lowest BCUT2D eigenvalue weighted by Gasteiger charge is -2.33. The Morgan fingerprint density at radius 2 is 1.78 bits per heavy atom. The van der Waals surface area contributed by atoms with Gasteiger partial charge in [0.15, 0.2) is 5.60 Å². The average Bonchev–Trinajstić information content (AvgIpc) is 2.65. The maximum atomic E-state index is 12.6. The maximum absolute atomic E-state index is 12.6. The minimum atomic E-state index is -1.04. The van der Waals surface area contributed by atoms with Crippen LogP contribution >= 0.6 is 11.6 Å². The third-order valence-corrected chi connectivity index (χ3v) is 4.82. The van der Waals surface area contributed by atoms with Crippen LogP contribution in [0.1, 0.15) is 13.8 Å². The summed E-state index contributed by atoms with van der Waals surface area (Å²) in [7, 11) is 2.12. The first-order chi connectivity index (χ1) is 12.8. The van der Waals surface area contributed by atoms with Crippen molar-refractivity contribution in [1.82, 2.24) is 9.88 Å². The van der Waals surface area contributed by atoms with Gasteiger partial charge >= 0.3 is 0 Å². The number of hydrogen-bond acceptors (Lipinski definition) is 5. The van der Waals surface area contributed by atoms with Crippen LogP contribution in [0.15, 0.2) is 42.6 Å². The zero-order valence-corrected chi connectivity index (χ0v) is 16.7. The average molecular weight is 389 g/mol. The van der Waals surface area contributed by atoms with Crippen molar-refractivity contribution in [3.8, 4) is 5.75 Å². The van der Waals surface area contributed by atoms with Gasteiger partial charge in [0.25, 0.3) is 5.91 Å². The van der Waals surface area contributed by atoms with Crippen molar-refractivity contribution in [3.63, 3.8) is 0 Å². The summed E-state index contributed by atoms with van der Waals surface area (Å²) in [6.45, 7) is 7.41. The topological polar surface area (TPSA) is 57.7 Å². The summed E-state index contributed by atoms with van der Waals surface area (Å²) in [6.07, 6.45) is 1.68. The Balaban J connectivity index is 1.60. The molecule has 1 aromatic heterocycles. The molecule has 0 unspecified atom stereocenters. The van der Waals surface area contributed by atoms with E-state index in [2.05, 4.69) is 27.1 Å². The number of likely N-dealkylation sites (N-methyl/N-ethyl adjacent to an activating group) is 1. The first-order valence-electron chi connectivity index (χ1n) is 8.99. The van der Waals surface area contributed by atoms with E-state index in [1.54, 1.807) is 44.3 Å². The van der Waals surface area contributed by atoms with E-state index in [1.165, 1.54) is 0 Å². The molecule has 0 aliphatic carbocycles. The summed E-state index contributed by atoms with van der Waals surface area (Å²) in [5.41, 5.74) is -0.394. The molecule has 1 N–H and O–H groups in total. The standard InChI is InChI=1S/C20H25ClN4O2/c1-20(2,27-17-7-4-15(21)5-8-17)19(26)23-16-6-9-18(22-14-16)25-12-10-24(3)11-13-25/h4-9,14H,10-13H2,1-3H3,(H,23,26). The van der Waals surface area contributed by atoms with Crippen molar-refractivity contribution in [1.29, 1.82) is 0 Å². The van der Waals surface area contributed by atoms with Gasteiger partial charge in [-0.1, -0.05) is 11.6 Å². The van der Waals surface area contributed by atoms with E-state index in [1.807, 2.05) is 12.1 Å². The van der Waals surface area contributed by atoms with Gasteiger partial charge in [-0.3, -0.25) is 4.79 Å². The van der Waals surface area contributed by atoms with Crippen molar-refractivity contribution in [2.45, 2.75) is 19.4 Å². The van der Waals surface area contributed by atoms with Crippen molar-refractivity contribution in [2.75, 3.05) is 43.4 Å². The molecule has 1 aliphatic heterocycles. The molecule has 0 bridgehead atoms. The van der Waals surface area contributed by atoms with E-state index in [9.17, 15) is 4.79 Å². The van der Waals surface area contributed by atoms with E-state index in [-0.39, 0.29) is 5.91 Å². The highest BCUT2D eigenvalue weighted by atomic mass is 35.5. The molecule has 0 spiro atoms. The molecule has 0 atom stereocenters. The molecule has 1 fully saturated rings. The number of nitrogens with one attached hydrogen (secondary N) is 1. The molecule has 7 heteroatoms. The number of carbonyl (C=O) groups excluding carboxylic acids is 1. The quantitative estimate of drug-likeness (QED) is 0.851. The fourth-order valence-corrected chi connectivity index (χ4v) is 2.93. The van der Waals surface area contributed by atoms with Crippen LogP contribution in [0.5, 0.6) is 5.75 Å². The number of piperazine rings is 1. The Hall–Kier alpha value is -2.31. The van der Waals surface area contributed by atoms with Crippen LogP contribution in [0.25, 0.3) is 0 Å². The summed E-state index contributed by atoms with van der Waals surface area (Å²) < 4.78 is 5.82. The van der Waals surface area contributed by atoms with Crippen molar-refractivity contribution < 1.29 is 9.53 Å². The van der Waals surface area contributed by atoms with Crippen molar-refractivity contribution >= 4 is 29.0 Å². The van der Waals surface area contributed by atoms with Crippen LogP contribution in [-0.2, 0) is 4.79 Å². The maximum Gasteiger partial charge on any atom is 0.268 e. The van der Waals surface area contributed by atoms with Crippen molar-refractivity contribution in [3.05, 3.63) is 47.6 Å². The lowest BCUT2D eigenvalue weighted by molar-refractivity contribution is -0.128. The highest BCUT2D eigenvalue weighted by molar-refractivity contribution is 6.30. The molecule has 1 aromatic carbocycles. The minimum absolute atomic E-state index is 0.244. The van der Waals surface area contributed by atoms with Crippen LogP contribution in [0.2, 0.25) is 5.02 Å². The molecule has 6 nitrogen and oxygen atoms in total. The number of ether oxygens (including phenoxy) is 1. The highest BCUT2D eigenvalue weighted by Gasteiger charge is 2.30. The first-order valence-corrected chi connectivity index (χ1v) is 9.37. The number of pyridine rings is 1. The number of benzene rings is 1.